The highest BCUT2D eigenvalue weighted by molar-refractivity contribution is 7.92. The number of sulfonamides is 1. The van der Waals surface area contributed by atoms with Gasteiger partial charge >= 0.3 is 0 Å². The fourth-order valence-corrected chi connectivity index (χ4v) is 4.63. The minimum absolute atomic E-state index is 0.250. The Kier molecular flexibility index (Phi) is 5.40. The van der Waals surface area contributed by atoms with E-state index in [-0.39, 0.29) is 12.3 Å². The molecule has 0 saturated carbocycles. The minimum atomic E-state index is -3.53. The van der Waals surface area contributed by atoms with Crippen LogP contribution in [-0.2, 0) is 10.0 Å². The van der Waals surface area contributed by atoms with E-state index in [9.17, 15) is 17.6 Å². The van der Waals surface area contributed by atoms with Crippen LogP contribution in [0.1, 0.15) is 33.3 Å². The first kappa shape index (κ1) is 20.2. The zero-order chi connectivity index (χ0) is 21.3. The topological polar surface area (TPSA) is 78.8 Å². The molecule has 1 atom stereocenters. The Balaban J connectivity index is 1.79. The molecule has 6 nitrogen and oxygen atoms in total. The Morgan fingerprint density at radius 3 is 2.57 bits per heavy atom. The van der Waals surface area contributed by atoms with Gasteiger partial charge in [-0.15, -0.1) is 11.3 Å². The molecule has 3 aromatic rings. The lowest BCUT2D eigenvalue weighted by Crippen LogP contribution is -2.27. The summed E-state index contributed by atoms with van der Waals surface area (Å²) in [6.07, 6.45) is 1.31. The number of thiophene rings is 1. The first-order valence-corrected chi connectivity index (χ1v) is 11.9. The van der Waals surface area contributed by atoms with Crippen LogP contribution in [0.25, 0.3) is 0 Å². The number of hydrazone groups is 1. The van der Waals surface area contributed by atoms with Crippen molar-refractivity contribution in [3.8, 4) is 0 Å². The summed E-state index contributed by atoms with van der Waals surface area (Å²) in [4.78, 5) is 13.6. The Morgan fingerprint density at radius 1 is 1.13 bits per heavy atom. The maximum atomic E-state index is 14.4. The number of nitrogens with zero attached hydrogens (tertiary/aromatic N) is 2. The summed E-state index contributed by atoms with van der Waals surface area (Å²) in [7, 11) is -3.53. The standard InChI is InChI=1S/C21H18FN3O3S2/c1-30(27,28)24-17-10-5-3-8-15(17)19-13-18(14-7-2-4-9-16(14)22)23-25(19)21(26)20-11-6-12-29-20/h2-12,19,24H,13H2,1H3/t19-/m0/s1. The molecule has 0 spiro atoms. The summed E-state index contributed by atoms with van der Waals surface area (Å²) in [5, 5.41) is 7.57. The van der Waals surface area contributed by atoms with Gasteiger partial charge in [0.1, 0.15) is 5.82 Å². The lowest BCUT2D eigenvalue weighted by atomic mass is 9.97. The predicted molar refractivity (Wildman–Crippen MR) is 116 cm³/mol. The molecule has 0 bridgehead atoms. The van der Waals surface area contributed by atoms with Crippen molar-refractivity contribution in [3.63, 3.8) is 0 Å². The number of benzene rings is 2. The molecule has 1 aliphatic rings. The average molecular weight is 444 g/mol. The third-order valence-electron chi connectivity index (χ3n) is 4.65. The molecule has 1 aliphatic heterocycles. The number of amides is 1. The van der Waals surface area contributed by atoms with E-state index in [1.54, 1.807) is 60.0 Å². The molecule has 2 heterocycles. The van der Waals surface area contributed by atoms with Gasteiger partial charge in [0.2, 0.25) is 10.0 Å². The maximum absolute atomic E-state index is 14.4. The van der Waals surface area contributed by atoms with Gasteiger partial charge in [-0.1, -0.05) is 42.5 Å². The molecule has 154 valence electrons. The number of halogens is 1. The largest absolute Gasteiger partial charge is 0.284 e. The summed E-state index contributed by atoms with van der Waals surface area (Å²) in [5.74, 6) is -0.751. The Bertz CT molecular complexity index is 1220. The third-order valence-corrected chi connectivity index (χ3v) is 6.10. The van der Waals surface area contributed by atoms with E-state index in [1.165, 1.54) is 22.4 Å². The van der Waals surface area contributed by atoms with Crippen LogP contribution < -0.4 is 4.72 Å². The Hall–Kier alpha value is -3.04. The predicted octanol–water partition coefficient (Wildman–Crippen LogP) is 4.25. The van der Waals surface area contributed by atoms with Gasteiger partial charge in [0.15, 0.2) is 0 Å². The van der Waals surface area contributed by atoms with Crippen LogP contribution >= 0.6 is 11.3 Å². The smallest absolute Gasteiger partial charge is 0.283 e. The molecule has 0 aliphatic carbocycles. The molecule has 30 heavy (non-hydrogen) atoms. The molecule has 1 amide bonds. The number of nitrogens with one attached hydrogen (secondary N) is 1. The third kappa shape index (κ3) is 4.12. The van der Waals surface area contributed by atoms with Crippen molar-refractivity contribution in [3.05, 3.63) is 87.9 Å². The first-order chi connectivity index (χ1) is 14.3. The second-order valence-corrected chi connectivity index (χ2v) is 9.53. The van der Waals surface area contributed by atoms with Crippen LogP contribution in [0.15, 0.2) is 71.1 Å². The van der Waals surface area contributed by atoms with Gasteiger partial charge in [-0.2, -0.15) is 5.10 Å². The van der Waals surface area contributed by atoms with E-state index >= 15 is 0 Å². The minimum Gasteiger partial charge on any atom is -0.283 e. The van der Waals surface area contributed by atoms with E-state index in [0.29, 0.717) is 27.4 Å². The van der Waals surface area contributed by atoms with E-state index in [2.05, 4.69) is 9.82 Å². The summed E-state index contributed by atoms with van der Waals surface area (Å²) in [6.45, 7) is 0. The lowest BCUT2D eigenvalue weighted by Gasteiger charge is -2.23. The monoisotopic (exact) mass is 443 g/mol. The number of para-hydroxylation sites is 1. The molecule has 2 aromatic carbocycles. The fraction of sp³-hybridized carbons (Fsp3) is 0.143. The highest BCUT2D eigenvalue weighted by Crippen LogP contribution is 2.38. The SMILES string of the molecule is CS(=O)(=O)Nc1ccccc1[C@@H]1CC(c2ccccc2F)=NN1C(=O)c1cccs1. The maximum Gasteiger partial charge on any atom is 0.284 e. The molecule has 0 fully saturated rings. The number of anilines is 1. The highest BCUT2D eigenvalue weighted by atomic mass is 32.2. The quantitative estimate of drug-likeness (QED) is 0.640. The summed E-state index contributed by atoms with van der Waals surface area (Å²) in [5.41, 5.74) is 1.69. The van der Waals surface area contributed by atoms with Gasteiger partial charge in [0.25, 0.3) is 5.91 Å². The van der Waals surface area contributed by atoms with Gasteiger partial charge in [-0.05, 0) is 23.6 Å². The van der Waals surface area contributed by atoms with Crippen LogP contribution in [0.5, 0.6) is 0 Å². The molecular formula is C21H18FN3O3S2. The summed E-state index contributed by atoms with van der Waals surface area (Å²) < 4.78 is 40.6. The molecule has 1 N–H and O–H groups in total. The number of carbonyl (C=O) groups excluding carboxylic acids is 1. The molecule has 0 saturated heterocycles. The van der Waals surface area contributed by atoms with E-state index in [1.807, 2.05) is 0 Å². The number of rotatable bonds is 5. The Labute approximate surface area is 177 Å². The highest BCUT2D eigenvalue weighted by Gasteiger charge is 2.36. The van der Waals surface area contributed by atoms with E-state index < -0.39 is 21.9 Å². The molecule has 4 rings (SSSR count). The zero-order valence-corrected chi connectivity index (χ0v) is 17.6. The number of carbonyl (C=O) groups is 1. The van der Waals surface area contributed by atoms with Crippen molar-refractivity contribution in [2.24, 2.45) is 5.10 Å². The van der Waals surface area contributed by atoms with Crippen molar-refractivity contribution in [2.75, 3.05) is 11.0 Å². The van der Waals surface area contributed by atoms with Crippen LogP contribution in [0, 0.1) is 5.82 Å². The van der Waals surface area contributed by atoms with Crippen molar-refractivity contribution >= 4 is 38.7 Å². The second-order valence-electron chi connectivity index (χ2n) is 6.83. The van der Waals surface area contributed by atoms with E-state index in [4.69, 9.17) is 0 Å². The number of hydrogen-bond acceptors (Lipinski definition) is 5. The summed E-state index contributed by atoms with van der Waals surface area (Å²) >= 11 is 1.28. The van der Waals surface area contributed by atoms with Crippen molar-refractivity contribution < 1.29 is 17.6 Å². The zero-order valence-electron chi connectivity index (χ0n) is 15.9. The van der Waals surface area contributed by atoms with Crippen molar-refractivity contribution in [2.45, 2.75) is 12.5 Å². The van der Waals surface area contributed by atoms with E-state index in [0.717, 1.165) is 6.26 Å². The summed E-state index contributed by atoms with van der Waals surface area (Å²) in [6, 6.07) is 16.0. The van der Waals surface area contributed by atoms with Gasteiger partial charge < -0.3 is 0 Å². The molecular weight excluding hydrogens is 425 g/mol. The van der Waals surface area contributed by atoms with Gasteiger partial charge in [-0.25, -0.2) is 17.8 Å². The van der Waals surface area contributed by atoms with Gasteiger partial charge in [-0.3, -0.25) is 9.52 Å². The molecule has 1 aromatic heterocycles. The fourth-order valence-electron chi connectivity index (χ4n) is 3.39. The van der Waals surface area contributed by atoms with Crippen molar-refractivity contribution in [1.82, 2.24) is 5.01 Å². The van der Waals surface area contributed by atoms with Crippen LogP contribution in [0.2, 0.25) is 0 Å². The normalized spacial score (nSPS) is 16.4. The van der Waals surface area contributed by atoms with Crippen LogP contribution in [0.4, 0.5) is 10.1 Å². The molecule has 0 unspecified atom stereocenters. The lowest BCUT2D eigenvalue weighted by molar-refractivity contribution is 0.0717. The molecule has 0 radical (unpaired) electrons. The first-order valence-electron chi connectivity index (χ1n) is 9.09. The second kappa shape index (κ2) is 8.00. The van der Waals surface area contributed by atoms with Crippen LogP contribution in [-0.4, -0.2) is 31.3 Å². The van der Waals surface area contributed by atoms with Crippen molar-refractivity contribution in [1.29, 1.82) is 0 Å². The number of hydrogen-bond donors (Lipinski definition) is 1. The van der Waals surface area contributed by atoms with Crippen LogP contribution in [0.3, 0.4) is 0 Å². The van der Waals surface area contributed by atoms with Gasteiger partial charge in [0, 0.05) is 17.5 Å². The average Bonchev–Trinajstić information content (AvgIpc) is 3.37. The molecule has 9 heteroatoms. The van der Waals surface area contributed by atoms with Gasteiger partial charge in [0.05, 0.1) is 28.6 Å². The Morgan fingerprint density at radius 2 is 1.87 bits per heavy atom.